The molecule has 1 unspecified atom stereocenters. The molecule has 1 aromatic rings. The predicted octanol–water partition coefficient (Wildman–Crippen LogP) is 2.38. The van der Waals surface area contributed by atoms with Crippen molar-refractivity contribution in [2.24, 2.45) is 5.92 Å². The molecule has 0 spiro atoms. The third-order valence-corrected chi connectivity index (χ3v) is 3.39. The van der Waals surface area contributed by atoms with Crippen molar-refractivity contribution >= 4 is 17.4 Å². The average Bonchev–Trinajstić information content (AvgIpc) is 2.81. The lowest BCUT2D eigenvalue weighted by Crippen LogP contribution is -2.30. The second-order valence-electron chi connectivity index (χ2n) is 4.83. The second kappa shape index (κ2) is 6.32. The first-order valence-electron chi connectivity index (χ1n) is 6.18. The summed E-state index contributed by atoms with van der Waals surface area (Å²) in [5, 5.41) is 0.733. The number of benzene rings is 1. The Kier molecular flexibility index (Phi) is 4.75. The van der Waals surface area contributed by atoms with Gasteiger partial charge in [-0.3, -0.25) is 9.69 Å². The zero-order valence-electron chi connectivity index (χ0n) is 10.6. The Morgan fingerprint density at radius 2 is 2.39 bits per heavy atom. The fraction of sp³-hybridized carbons (Fsp3) is 0.500. The van der Waals surface area contributed by atoms with Crippen LogP contribution in [-0.4, -0.2) is 37.5 Å². The van der Waals surface area contributed by atoms with Crippen LogP contribution < -0.4 is 0 Å². The van der Waals surface area contributed by atoms with Gasteiger partial charge in [0, 0.05) is 24.1 Å². The summed E-state index contributed by atoms with van der Waals surface area (Å²) >= 11 is 5.94. The van der Waals surface area contributed by atoms with E-state index in [-0.39, 0.29) is 11.7 Å². The molecule has 98 valence electrons. The number of ketones is 1. The van der Waals surface area contributed by atoms with Crippen LogP contribution in [0.3, 0.4) is 0 Å². The Morgan fingerprint density at radius 1 is 1.56 bits per heavy atom. The zero-order valence-corrected chi connectivity index (χ0v) is 11.3. The lowest BCUT2D eigenvalue weighted by molar-refractivity contribution is -0.123. The molecule has 2 rings (SSSR count). The highest BCUT2D eigenvalue weighted by Crippen LogP contribution is 2.15. The highest BCUT2D eigenvalue weighted by atomic mass is 35.5. The molecule has 1 aliphatic heterocycles. The smallest absolute Gasteiger partial charge is 0.152 e. The standard InChI is InChI=1S/C14H18ClNO2/c1-16(8-11-3-2-4-13(15)7-11)9-14(17)12-5-6-18-10-12/h2-4,7,12H,5-6,8-10H2,1H3. The topological polar surface area (TPSA) is 29.5 Å². The first kappa shape index (κ1) is 13.5. The minimum Gasteiger partial charge on any atom is -0.381 e. The molecule has 0 radical (unpaired) electrons. The molecular weight excluding hydrogens is 250 g/mol. The minimum atomic E-state index is 0.0896. The maximum absolute atomic E-state index is 12.0. The van der Waals surface area contributed by atoms with Crippen LogP contribution in [0.15, 0.2) is 24.3 Å². The summed E-state index contributed by atoms with van der Waals surface area (Å²) in [6, 6.07) is 7.73. The molecule has 1 atom stereocenters. The highest BCUT2D eigenvalue weighted by molar-refractivity contribution is 6.30. The average molecular weight is 268 g/mol. The van der Waals surface area contributed by atoms with E-state index in [1.165, 1.54) is 0 Å². The number of carbonyl (C=O) groups is 1. The maximum atomic E-state index is 12.0. The summed E-state index contributed by atoms with van der Waals surface area (Å²) < 4.78 is 5.24. The molecule has 0 saturated carbocycles. The number of nitrogens with zero attached hydrogens (tertiary/aromatic N) is 1. The number of Topliss-reactive ketones (excluding diaryl/α,β-unsaturated/α-hetero) is 1. The van der Waals surface area contributed by atoms with E-state index in [2.05, 4.69) is 0 Å². The van der Waals surface area contributed by atoms with E-state index < -0.39 is 0 Å². The molecule has 1 aromatic carbocycles. The number of carbonyl (C=O) groups excluding carboxylic acids is 1. The SMILES string of the molecule is CN(CC(=O)C1CCOC1)Cc1cccc(Cl)c1. The summed E-state index contributed by atoms with van der Waals surface area (Å²) in [6.45, 7) is 2.51. The quantitative estimate of drug-likeness (QED) is 0.820. The largest absolute Gasteiger partial charge is 0.381 e. The minimum absolute atomic E-state index is 0.0896. The normalized spacial score (nSPS) is 19.4. The van der Waals surface area contributed by atoms with Crippen LogP contribution in [0.4, 0.5) is 0 Å². The Balaban J connectivity index is 1.84. The van der Waals surface area contributed by atoms with E-state index in [0.29, 0.717) is 19.8 Å². The summed E-state index contributed by atoms with van der Waals surface area (Å²) in [4.78, 5) is 14.0. The number of ether oxygens (including phenoxy) is 1. The lowest BCUT2D eigenvalue weighted by atomic mass is 10.0. The Hall–Kier alpha value is -0.900. The van der Waals surface area contributed by atoms with E-state index in [1.54, 1.807) is 0 Å². The van der Waals surface area contributed by atoms with Gasteiger partial charge in [0.2, 0.25) is 0 Å². The van der Waals surface area contributed by atoms with Crippen molar-refractivity contribution in [3.63, 3.8) is 0 Å². The van der Waals surface area contributed by atoms with Crippen LogP contribution >= 0.6 is 11.6 Å². The molecule has 1 heterocycles. The van der Waals surface area contributed by atoms with Crippen LogP contribution in [0.1, 0.15) is 12.0 Å². The van der Waals surface area contributed by atoms with E-state index in [9.17, 15) is 4.79 Å². The third-order valence-electron chi connectivity index (χ3n) is 3.15. The molecule has 0 N–H and O–H groups in total. The third kappa shape index (κ3) is 3.80. The molecule has 0 aromatic heterocycles. The van der Waals surface area contributed by atoms with Crippen molar-refractivity contribution in [2.45, 2.75) is 13.0 Å². The molecule has 1 aliphatic rings. The van der Waals surface area contributed by atoms with Gasteiger partial charge in [0.25, 0.3) is 0 Å². The van der Waals surface area contributed by atoms with Gasteiger partial charge in [-0.05, 0) is 31.2 Å². The fourth-order valence-corrected chi connectivity index (χ4v) is 2.40. The highest BCUT2D eigenvalue weighted by Gasteiger charge is 2.23. The van der Waals surface area contributed by atoms with Crippen LogP contribution in [0.2, 0.25) is 5.02 Å². The molecule has 4 heteroatoms. The Bertz CT molecular complexity index is 416. The van der Waals surface area contributed by atoms with Gasteiger partial charge in [-0.15, -0.1) is 0 Å². The number of rotatable bonds is 5. The maximum Gasteiger partial charge on any atom is 0.152 e. The van der Waals surface area contributed by atoms with E-state index >= 15 is 0 Å². The van der Waals surface area contributed by atoms with Crippen molar-refractivity contribution < 1.29 is 9.53 Å². The van der Waals surface area contributed by atoms with Crippen LogP contribution in [0, 0.1) is 5.92 Å². The Labute approximate surface area is 113 Å². The van der Waals surface area contributed by atoms with Crippen LogP contribution in [0.25, 0.3) is 0 Å². The monoisotopic (exact) mass is 267 g/mol. The van der Waals surface area contributed by atoms with Gasteiger partial charge < -0.3 is 4.74 Å². The molecule has 3 nitrogen and oxygen atoms in total. The zero-order chi connectivity index (χ0) is 13.0. The van der Waals surface area contributed by atoms with E-state index in [1.807, 2.05) is 36.2 Å². The van der Waals surface area contributed by atoms with Gasteiger partial charge in [-0.2, -0.15) is 0 Å². The number of halogens is 1. The van der Waals surface area contributed by atoms with Crippen LogP contribution in [-0.2, 0) is 16.1 Å². The Morgan fingerprint density at radius 3 is 3.06 bits per heavy atom. The number of likely N-dealkylation sites (N-methyl/N-ethyl adjacent to an activating group) is 1. The van der Waals surface area contributed by atoms with E-state index in [0.717, 1.165) is 23.6 Å². The van der Waals surface area contributed by atoms with Gasteiger partial charge in [0.15, 0.2) is 5.78 Å². The summed E-state index contributed by atoms with van der Waals surface area (Å²) in [6.07, 6.45) is 0.865. The van der Waals surface area contributed by atoms with Crippen molar-refractivity contribution in [3.05, 3.63) is 34.9 Å². The van der Waals surface area contributed by atoms with Crippen molar-refractivity contribution in [3.8, 4) is 0 Å². The van der Waals surface area contributed by atoms with Gasteiger partial charge in [0.05, 0.1) is 13.2 Å². The number of hydrogen-bond acceptors (Lipinski definition) is 3. The van der Waals surface area contributed by atoms with Gasteiger partial charge >= 0.3 is 0 Å². The number of hydrogen-bond donors (Lipinski definition) is 0. The molecule has 0 amide bonds. The van der Waals surface area contributed by atoms with Gasteiger partial charge in [-0.1, -0.05) is 23.7 Å². The predicted molar refractivity (Wildman–Crippen MR) is 71.7 cm³/mol. The summed E-state index contributed by atoms with van der Waals surface area (Å²) in [5.41, 5.74) is 1.13. The first-order valence-corrected chi connectivity index (χ1v) is 6.56. The van der Waals surface area contributed by atoms with Crippen molar-refractivity contribution in [1.82, 2.24) is 4.90 Å². The second-order valence-corrected chi connectivity index (χ2v) is 5.27. The lowest BCUT2D eigenvalue weighted by Gasteiger charge is -2.17. The first-order chi connectivity index (χ1) is 8.65. The molecule has 1 saturated heterocycles. The molecule has 1 fully saturated rings. The molecular formula is C14H18ClNO2. The van der Waals surface area contributed by atoms with Crippen molar-refractivity contribution in [1.29, 1.82) is 0 Å². The summed E-state index contributed by atoms with van der Waals surface area (Å²) in [7, 11) is 1.95. The fourth-order valence-electron chi connectivity index (χ4n) is 2.19. The van der Waals surface area contributed by atoms with Gasteiger partial charge in [0.1, 0.15) is 0 Å². The summed E-state index contributed by atoms with van der Waals surface area (Å²) in [5.74, 6) is 0.365. The van der Waals surface area contributed by atoms with E-state index in [4.69, 9.17) is 16.3 Å². The molecule has 18 heavy (non-hydrogen) atoms. The molecule has 0 bridgehead atoms. The van der Waals surface area contributed by atoms with Crippen molar-refractivity contribution in [2.75, 3.05) is 26.8 Å². The van der Waals surface area contributed by atoms with Crippen LogP contribution in [0.5, 0.6) is 0 Å². The van der Waals surface area contributed by atoms with Gasteiger partial charge in [-0.25, -0.2) is 0 Å². The molecule has 0 aliphatic carbocycles.